The maximum Gasteiger partial charge on any atom is 0.417 e. The van der Waals surface area contributed by atoms with Crippen LogP contribution in [0.3, 0.4) is 0 Å². The molecule has 0 aromatic heterocycles. The van der Waals surface area contributed by atoms with Crippen molar-refractivity contribution >= 4 is 40.2 Å². The minimum atomic E-state index is -4.62. The first kappa shape index (κ1) is 16.6. The van der Waals surface area contributed by atoms with Crippen LogP contribution in [0.5, 0.6) is 0 Å². The second kappa shape index (κ2) is 5.18. The molecule has 0 aliphatic carbocycles. The van der Waals surface area contributed by atoms with Gasteiger partial charge >= 0.3 is 6.18 Å². The Morgan fingerprint density at radius 3 is 2.23 bits per heavy atom. The number of benzene rings is 1. The average molecular weight is 343 g/mol. The predicted molar refractivity (Wildman–Crippen MR) is 85.7 cm³/mol. The smallest absolute Gasteiger partial charge is 0.340 e. The Morgan fingerprint density at radius 1 is 1.23 bits per heavy atom. The summed E-state index contributed by atoms with van der Waals surface area (Å²) in [5, 5.41) is 9.17. The van der Waals surface area contributed by atoms with E-state index in [4.69, 9.17) is 29.7 Å². The number of rotatable bonds is 1. The van der Waals surface area contributed by atoms with Crippen LogP contribution in [0.25, 0.3) is 0 Å². The van der Waals surface area contributed by atoms with Crippen LogP contribution >= 0.6 is 24.4 Å². The zero-order chi connectivity index (χ0) is 16.9. The van der Waals surface area contributed by atoms with Crippen molar-refractivity contribution in [3.63, 3.8) is 0 Å². The molecule has 0 bridgehead atoms. The molecule has 1 saturated heterocycles. The third kappa shape index (κ3) is 2.44. The van der Waals surface area contributed by atoms with Gasteiger partial charge in [0.2, 0.25) is 0 Å². The molecule has 1 fully saturated rings. The summed E-state index contributed by atoms with van der Waals surface area (Å²) in [4.78, 5) is 3.58. The highest BCUT2D eigenvalue weighted by Gasteiger charge is 2.45. The highest BCUT2D eigenvalue weighted by molar-refractivity contribution is 7.83. The van der Waals surface area contributed by atoms with Gasteiger partial charge in [-0.2, -0.15) is 18.4 Å². The van der Waals surface area contributed by atoms with Crippen LogP contribution in [0.1, 0.15) is 25.0 Å². The number of nitrogens with zero attached hydrogens (tertiary/aromatic N) is 3. The summed E-state index contributed by atoms with van der Waals surface area (Å²) >= 11 is 10.6. The van der Waals surface area contributed by atoms with E-state index in [9.17, 15) is 13.2 Å². The molecule has 0 amide bonds. The van der Waals surface area contributed by atoms with Gasteiger partial charge in [-0.05, 0) is 44.3 Å². The second-order valence-corrected chi connectivity index (χ2v) is 6.13. The maximum atomic E-state index is 13.1. The number of anilines is 1. The topological polar surface area (TPSA) is 30.3 Å². The first-order valence-corrected chi connectivity index (χ1v) is 7.07. The minimum absolute atomic E-state index is 0.207. The van der Waals surface area contributed by atoms with Crippen molar-refractivity contribution in [2.24, 2.45) is 0 Å². The summed E-state index contributed by atoms with van der Waals surface area (Å²) in [6, 6.07) is 5.01. The predicted octanol–water partition coefficient (Wildman–Crippen LogP) is 3.72. The minimum Gasteiger partial charge on any atom is -0.340 e. The summed E-state index contributed by atoms with van der Waals surface area (Å²) < 4.78 is 39.2. The molecule has 1 aliphatic rings. The Balaban J connectivity index is 2.58. The number of hydrogen-bond acceptors (Lipinski definition) is 3. The summed E-state index contributed by atoms with van der Waals surface area (Å²) in [5.41, 5.74) is -1.79. The SMILES string of the molecule is CN1C(=S)N(c2ccc(C#N)c(C(F)(F)F)c2)C(=S)C1(C)C. The molecule has 0 atom stereocenters. The van der Waals surface area contributed by atoms with Crippen molar-refractivity contribution in [2.45, 2.75) is 25.6 Å². The molecule has 3 nitrogen and oxygen atoms in total. The lowest BCUT2D eigenvalue weighted by Gasteiger charge is -2.26. The molecule has 0 saturated carbocycles. The number of hydrogen-bond donors (Lipinski definition) is 0. The van der Waals surface area contributed by atoms with Gasteiger partial charge in [-0.3, -0.25) is 4.90 Å². The second-order valence-electron chi connectivity index (χ2n) is 5.38. The van der Waals surface area contributed by atoms with Gasteiger partial charge in [-0.25, -0.2) is 0 Å². The van der Waals surface area contributed by atoms with Crippen molar-refractivity contribution in [3.05, 3.63) is 29.3 Å². The van der Waals surface area contributed by atoms with Gasteiger partial charge in [0.1, 0.15) is 4.99 Å². The van der Waals surface area contributed by atoms with Crippen molar-refractivity contribution in [3.8, 4) is 6.07 Å². The Labute approximate surface area is 136 Å². The first-order valence-electron chi connectivity index (χ1n) is 6.25. The molecule has 0 radical (unpaired) electrons. The van der Waals surface area contributed by atoms with Crippen LogP contribution in [0.4, 0.5) is 18.9 Å². The number of halogens is 3. The molecule has 0 unspecified atom stereocenters. The van der Waals surface area contributed by atoms with Crippen molar-refractivity contribution < 1.29 is 13.2 Å². The Bertz CT molecular complexity index is 704. The normalized spacial score (nSPS) is 17.9. The fourth-order valence-electron chi connectivity index (χ4n) is 2.12. The Hall–Kier alpha value is -1.72. The monoisotopic (exact) mass is 343 g/mol. The number of likely N-dealkylation sites (N-methyl/N-ethyl adjacent to an activating group) is 1. The van der Waals surface area contributed by atoms with Crippen LogP contribution in [0.2, 0.25) is 0 Å². The molecule has 2 rings (SSSR count). The van der Waals surface area contributed by atoms with Gasteiger partial charge in [-0.1, -0.05) is 12.2 Å². The molecular formula is C14H12F3N3S2. The van der Waals surface area contributed by atoms with Gasteiger partial charge in [-0.15, -0.1) is 0 Å². The molecule has 8 heteroatoms. The van der Waals surface area contributed by atoms with Crippen LogP contribution < -0.4 is 4.90 Å². The van der Waals surface area contributed by atoms with Crippen LogP contribution in [0.15, 0.2) is 18.2 Å². The zero-order valence-electron chi connectivity index (χ0n) is 12.0. The highest BCUT2D eigenvalue weighted by atomic mass is 32.1. The van der Waals surface area contributed by atoms with Crippen LogP contribution in [0, 0.1) is 11.3 Å². The van der Waals surface area contributed by atoms with E-state index in [1.54, 1.807) is 18.0 Å². The van der Waals surface area contributed by atoms with E-state index in [2.05, 4.69) is 0 Å². The third-order valence-corrected chi connectivity index (χ3v) is 4.87. The lowest BCUT2D eigenvalue weighted by Crippen LogP contribution is -2.40. The fraction of sp³-hybridized carbons (Fsp3) is 0.357. The quantitative estimate of drug-likeness (QED) is 0.725. The lowest BCUT2D eigenvalue weighted by molar-refractivity contribution is -0.137. The molecule has 1 aromatic rings. The van der Waals surface area contributed by atoms with E-state index in [1.165, 1.54) is 11.0 Å². The average Bonchev–Trinajstić information content (AvgIpc) is 2.58. The van der Waals surface area contributed by atoms with Gasteiger partial charge in [0.15, 0.2) is 5.11 Å². The van der Waals surface area contributed by atoms with Gasteiger partial charge < -0.3 is 4.90 Å². The van der Waals surface area contributed by atoms with E-state index in [0.717, 1.165) is 12.1 Å². The van der Waals surface area contributed by atoms with Crippen molar-refractivity contribution in [1.29, 1.82) is 5.26 Å². The molecular weight excluding hydrogens is 331 g/mol. The van der Waals surface area contributed by atoms with E-state index in [1.807, 2.05) is 13.8 Å². The van der Waals surface area contributed by atoms with Gasteiger partial charge in [0, 0.05) is 12.7 Å². The fourth-order valence-corrected chi connectivity index (χ4v) is 2.94. The van der Waals surface area contributed by atoms with Crippen molar-refractivity contribution in [2.75, 3.05) is 11.9 Å². The Morgan fingerprint density at radius 2 is 1.82 bits per heavy atom. The largest absolute Gasteiger partial charge is 0.417 e. The summed E-state index contributed by atoms with van der Waals surface area (Å²) in [5.74, 6) is 0. The lowest BCUT2D eigenvalue weighted by atomic mass is 10.0. The van der Waals surface area contributed by atoms with Crippen LogP contribution in [-0.4, -0.2) is 27.6 Å². The van der Waals surface area contributed by atoms with E-state index >= 15 is 0 Å². The van der Waals surface area contributed by atoms with Gasteiger partial charge in [0.05, 0.1) is 22.7 Å². The number of nitriles is 1. The maximum absolute atomic E-state index is 13.1. The number of alkyl halides is 3. The molecule has 1 heterocycles. The first-order chi connectivity index (χ1) is 10.0. The summed E-state index contributed by atoms with van der Waals surface area (Å²) in [7, 11) is 1.74. The van der Waals surface area contributed by atoms with Crippen molar-refractivity contribution in [1.82, 2.24) is 4.90 Å². The molecule has 1 aromatic carbocycles. The molecule has 0 N–H and O–H groups in total. The summed E-state index contributed by atoms with van der Waals surface area (Å²) in [6.45, 7) is 3.69. The standard InChI is InChI=1S/C14H12F3N3S2/c1-13(2)11(21)20(12(22)19(13)3)9-5-4-8(7-18)10(6-9)14(15,16)17/h4-6H,1-3H3. The highest BCUT2D eigenvalue weighted by Crippen LogP contribution is 2.37. The molecule has 0 spiro atoms. The van der Waals surface area contributed by atoms with Crippen LogP contribution in [-0.2, 0) is 6.18 Å². The van der Waals surface area contributed by atoms with E-state index in [-0.39, 0.29) is 5.69 Å². The van der Waals surface area contributed by atoms with E-state index in [0.29, 0.717) is 10.1 Å². The molecule has 22 heavy (non-hydrogen) atoms. The summed E-state index contributed by atoms with van der Waals surface area (Å²) in [6.07, 6.45) is -4.62. The third-order valence-electron chi connectivity index (χ3n) is 3.73. The molecule has 1 aliphatic heterocycles. The molecule has 116 valence electrons. The van der Waals surface area contributed by atoms with Gasteiger partial charge in [0.25, 0.3) is 0 Å². The number of thiocarbonyl (C=S) groups is 2. The Kier molecular flexibility index (Phi) is 3.92. The van der Waals surface area contributed by atoms with E-state index < -0.39 is 22.8 Å². The zero-order valence-corrected chi connectivity index (χ0v) is 13.7.